The van der Waals surface area contributed by atoms with Crippen LogP contribution >= 0.6 is 0 Å². The van der Waals surface area contributed by atoms with Gasteiger partial charge in [-0.1, -0.05) is 4.98 Å². The van der Waals surface area contributed by atoms with Crippen molar-refractivity contribution in [3.63, 3.8) is 0 Å². The van der Waals surface area contributed by atoms with Gasteiger partial charge < -0.3 is 34.5 Å². The molecule has 1 N–H and O–H groups in total. The average Bonchev–Trinajstić information content (AvgIpc) is 3.58. The molecule has 0 spiro atoms. The molecule has 7 rings (SSSR count). The average molecular weight is 793 g/mol. The SMILES string of the molecule is C=[N+]([O-])c1ncc(C(C)N(c2cnc3cc(N4CCOCC4)nc(OC4CCC(Nc5ncc(OCCN6CCN(C)CC6)cn5)CC4)c3c2)S(C)(=O)=O)n1C. The van der Waals surface area contributed by atoms with Crippen LogP contribution in [0.15, 0.2) is 36.9 Å². The van der Waals surface area contributed by atoms with E-state index in [-0.39, 0.29) is 18.1 Å². The van der Waals surface area contributed by atoms with E-state index in [0.717, 1.165) is 70.5 Å². The first-order valence-corrected chi connectivity index (χ1v) is 21.0. The molecule has 302 valence electrons. The predicted molar refractivity (Wildman–Crippen MR) is 214 cm³/mol. The number of ether oxygens (including phenoxy) is 3. The number of aromatic nitrogens is 6. The lowest BCUT2D eigenvalue weighted by molar-refractivity contribution is -0.362. The predicted octanol–water partition coefficient (Wildman–Crippen LogP) is 2.79. The molecule has 0 aromatic carbocycles. The van der Waals surface area contributed by atoms with Gasteiger partial charge >= 0.3 is 5.95 Å². The Bertz CT molecular complexity index is 2080. The molecule has 1 saturated carbocycles. The molecular formula is C37H52N12O6S. The van der Waals surface area contributed by atoms with Crippen LogP contribution in [0.4, 0.5) is 23.4 Å². The summed E-state index contributed by atoms with van der Waals surface area (Å²) in [6.45, 7) is 13.4. The lowest BCUT2D eigenvalue weighted by Crippen LogP contribution is -2.45. The van der Waals surface area contributed by atoms with E-state index in [0.29, 0.717) is 77.5 Å². The number of fused-ring (bicyclic) bond motifs is 1. The van der Waals surface area contributed by atoms with Gasteiger partial charge in [0.05, 0.1) is 67.7 Å². The summed E-state index contributed by atoms with van der Waals surface area (Å²) in [5.41, 5.74) is 1.46. The van der Waals surface area contributed by atoms with Crippen molar-refractivity contribution >= 4 is 51.0 Å². The molecule has 0 radical (unpaired) electrons. The summed E-state index contributed by atoms with van der Waals surface area (Å²) in [7, 11) is -0.0417. The summed E-state index contributed by atoms with van der Waals surface area (Å²) in [6, 6.07) is 3.10. The Kier molecular flexibility index (Phi) is 12.0. The van der Waals surface area contributed by atoms with E-state index in [1.54, 1.807) is 32.4 Å². The molecule has 3 aliphatic rings. The zero-order chi connectivity index (χ0) is 39.4. The summed E-state index contributed by atoms with van der Waals surface area (Å²) >= 11 is 0. The summed E-state index contributed by atoms with van der Waals surface area (Å²) < 4.78 is 48.1. The number of sulfonamides is 1. The zero-order valence-electron chi connectivity index (χ0n) is 32.6. The summed E-state index contributed by atoms with van der Waals surface area (Å²) in [5.74, 6) is 2.39. The highest BCUT2D eigenvalue weighted by molar-refractivity contribution is 7.92. The molecule has 56 heavy (non-hydrogen) atoms. The van der Waals surface area contributed by atoms with Crippen molar-refractivity contribution in [2.45, 2.75) is 50.8 Å². The van der Waals surface area contributed by atoms with Crippen LogP contribution in [-0.2, 0) is 21.8 Å². The van der Waals surface area contributed by atoms with Crippen LogP contribution < -0.4 is 24.0 Å². The highest BCUT2D eigenvalue weighted by atomic mass is 32.2. The molecule has 1 atom stereocenters. The van der Waals surface area contributed by atoms with Crippen molar-refractivity contribution in [3.8, 4) is 11.6 Å². The van der Waals surface area contributed by atoms with Gasteiger partial charge in [0.2, 0.25) is 21.9 Å². The first-order valence-electron chi connectivity index (χ1n) is 19.1. The third-order valence-electron chi connectivity index (χ3n) is 10.8. The van der Waals surface area contributed by atoms with Gasteiger partial charge in [-0.25, -0.2) is 23.0 Å². The normalized spacial score (nSPS) is 20.5. The Labute approximate surface area is 327 Å². The molecule has 4 aromatic rings. The fraction of sp³-hybridized carbons (Fsp3) is 0.568. The van der Waals surface area contributed by atoms with Crippen LogP contribution in [0.1, 0.15) is 44.3 Å². The number of pyridine rings is 2. The van der Waals surface area contributed by atoms with Gasteiger partial charge in [0.1, 0.15) is 30.4 Å². The Hall–Kier alpha value is -4.85. The maximum atomic E-state index is 13.4. The lowest BCUT2D eigenvalue weighted by Gasteiger charge is -2.32. The van der Waals surface area contributed by atoms with Gasteiger partial charge in [-0.05, 0) is 45.7 Å². The standard InChI is InChI=1S/C37H52N12O6S/c1-26(33-25-41-37(45(33)3)46(4)50)49(56(5,51)52)28-20-31-32(38-22-28)21-34(48-15-17-53-18-16-48)43-35(31)55-29-8-6-27(7-9-29)42-36-39-23-30(24-40-36)54-19-14-47-12-10-44(2)11-13-47/h20-27,29H,4,6-19H2,1-3,5H3,(H,39,40,42). The molecule has 2 aliphatic heterocycles. The minimum absolute atomic E-state index is 0.0556. The molecule has 0 bridgehead atoms. The number of piperazine rings is 1. The number of anilines is 3. The molecule has 3 fully saturated rings. The van der Waals surface area contributed by atoms with Gasteiger partial charge in [-0.2, -0.15) is 4.98 Å². The van der Waals surface area contributed by atoms with Crippen molar-refractivity contribution in [1.82, 2.24) is 39.3 Å². The Morgan fingerprint density at radius 3 is 2.38 bits per heavy atom. The second-order valence-electron chi connectivity index (χ2n) is 14.8. The smallest absolute Gasteiger partial charge is 0.398 e. The minimum Gasteiger partial charge on any atom is -0.741 e. The molecule has 19 heteroatoms. The molecule has 18 nitrogen and oxygen atoms in total. The number of morpholine rings is 1. The zero-order valence-corrected chi connectivity index (χ0v) is 33.4. The van der Waals surface area contributed by atoms with Gasteiger partial charge in [0.15, 0.2) is 5.75 Å². The minimum atomic E-state index is -3.84. The third-order valence-corrected chi connectivity index (χ3v) is 12.0. The monoisotopic (exact) mass is 792 g/mol. The number of hydrogen-bond donors (Lipinski definition) is 1. The van der Waals surface area contributed by atoms with Crippen molar-refractivity contribution in [2.75, 3.05) is 93.5 Å². The first-order chi connectivity index (χ1) is 26.9. The second-order valence-corrected chi connectivity index (χ2v) is 16.6. The number of likely N-dealkylation sites (N-methyl/N-ethyl adjacent to an activating group) is 1. The van der Waals surface area contributed by atoms with Crippen molar-refractivity contribution in [2.24, 2.45) is 7.05 Å². The lowest BCUT2D eigenvalue weighted by atomic mass is 9.93. The second kappa shape index (κ2) is 17.1. The Balaban J connectivity index is 1.04. The molecule has 0 amide bonds. The van der Waals surface area contributed by atoms with Crippen LogP contribution in [-0.4, -0.2) is 150 Å². The van der Waals surface area contributed by atoms with Crippen LogP contribution in [0.3, 0.4) is 0 Å². The summed E-state index contributed by atoms with van der Waals surface area (Å²) in [6.07, 6.45) is 10.7. The molecular weight excluding hydrogens is 741 g/mol. The highest BCUT2D eigenvalue weighted by Gasteiger charge is 2.32. The van der Waals surface area contributed by atoms with E-state index in [2.05, 4.69) is 48.7 Å². The van der Waals surface area contributed by atoms with E-state index in [1.165, 1.54) is 21.3 Å². The van der Waals surface area contributed by atoms with E-state index >= 15 is 0 Å². The van der Waals surface area contributed by atoms with Crippen LogP contribution in [0, 0.1) is 5.21 Å². The topological polar surface area (TPSA) is 182 Å². The van der Waals surface area contributed by atoms with Crippen LogP contribution in [0.5, 0.6) is 11.6 Å². The molecule has 6 heterocycles. The molecule has 1 unspecified atom stereocenters. The van der Waals surface area contributed by atoms with E-state index in [4.69, 9.17) is 24.2 Å². The van der Waals surface area contributed by atoms with Gasteiger partial charge in [0, 0.05) is 64.6 Å². The maximum absolute atomic E-state index is 13.4. The fourth-order valence-corrected chi connectivity index (χ4v) is 8.75. The fourth-order valence-electron chi connectivity index (χ4n) is 7.58. The van der Waals surface area contributed by atoms with Crippen molar-refractivity contribution in [3.05, 3.63) is 47.8 Å². The summed E-state index contributed by atoms with van der Waals surface area (Å²) in [5, 5.41) is 16.0. The number of rotatable bonds is 14. The van der Waals surface area contributed by atoms with E-state index in [9.17, 15) is 13.6 Å². The van der Waals surface area contributed by atoms with Gasteiger partial charge in [-0.3, -0.25) is 18.9 Å². The van der Waals surface area contributed by atoms with Crippen molar-refractivity contribution in [1.29, 1.82) is 0 Å². The third kappa shape index (κ3) is 9.22. The van der Waals surface area contributed by atoms with Crippen molar-refractivity contribution < 1.29 is 27.4 Å². The van der Waals surface area contributed by atoms with Crippen LogP contribution in [0.25, 0.3) is 10.9 Å². The van der Waals surface area contributed by atoms with Gasteiger partial charge in [0.25, 0.3) is 0 Å². The Morgan fingerprint density at radius 2 is 1.71 bits per heavy atom. The number of nitrogens with one attached hydrogen (secondary N) is 1. The van der Waals surface area contributed by atoms with Crippen LogP contribution in [0.2, 0.25) is 0 Å². The summed E-state index contributed by atoms with van der Waals surface area (Å²) in [4.78, 5) is 29.8. The quantitative estimate of drug-likeness (QED) is 0.0851. The number of imidazole rings is 1. The maximum Gasteiger partial charge on any atom is 0.398 e. The van der Waals surface area contributed by atoms with E-state index in [1.807, 2.05) is 6.07 Å². The number of nitrogens with zero attached hydrogens (tertiary/aromatic N) is 11. The van der Waals surface area contributed by atoms with Gasteiger partial charge in [-0.15, -0.1) is 0 Å². The highest BCUT2D eigenvalue weighted by Crippen LogP contribution is 2.37. The largest absolute Gasteiger partial charge is 0.741 e. The van der Waals surface area contributed by atoms with E-state index < -0.39 is 16.1 Å². The first kappa shape index (κ1) is 39.4. The Morgan fingerprint density at radius 1 is 1.00 bits per heavy atom. The molecule has 4 aromatic heterocycles. The molecule has 2 saturated heterocycles. The molecule has 1 aliphatic carbocycles. The number of hydrogen-bond acceptors (Lipinski definition) is 15.